The van der Waals surface area contributed by atoms with Crippen LogP contribution in [0.25, 0.3) is 0 Å². The van der Waals surface area contributed by atoms with Gasteiger partial charge in [-0.2, -0.15) is 0 Å². The third-order valence-electron chi connectivity index (χ3n) is 2.78. The average molecular weight is 237 g/mol. The fourth-order valence-electron chi connectivity index (χ4n) is 1.78. The highest BCUT2D eigenvalue weighted by atomic mass is 32.2. The zero-order valence-corrected chi connectivity index (χ0v) is 10.8. The maximum Gasteiger partial charge on any atom is 0.0628 e. The second-order valence-corrected chi connectivity index (χ2v) is 5.37. The van der Waals surface area contributed by atoms with Gasteiger partial charge >= 0.3 is 0 Å². The highest BCUT2D eigenvalue weighted by molar-refractivity contribution is 7.99. The van der Waals surface area contributed by atoms with E-state index in [0.29, 0.717) is 6.04 Å². The molecule has 1 aromatic rings. The number of aryl methyl sites for hydroxylation is 2. The van der Waals surface area contributed by atoms with Crippen molar-refractivity contribution in [1.82, 2.24) is 5.32 Å². The summed E-state index contributed by atoms with van der Waals surface area (Å²) in [5.41, 5.74) is 2.70. The molecule has 0 aromatic heterocycles. The number of thioether (sulfide) groups is 1. The lowest BCUT2D eigenvalue weighted by Crippen LogP contribution is -2.42. The van der Waals surface area contributed by atoms with Crippen LogP contribution in [0.4, 0.5) is 0 Å². The van der Waals surface area contributed by atoms with Gasteiger partial charge in [0.1, 0.15) is 0 Å². The Balaban J connectivity index is 1.90. The molecule has 0 bridgehead atoms. The van der Waals surface area contributed by atoms with Crippen LogP contribution in [0.1, 0.15) is 11.1 Å². The summed E-state index contributed by atoms with van der Waals surface area (Å²) in [6.45, 7) is 7.00. The lowest BCUT2D eigenvalue weighted by Gasteiger charge is -2.23. The van der Waals surface area contributed by atoms with Crippen LogP contribution in [0, 0.1) is 13.8 Å². The summed E-state index contributed by atoms with van der Waals surface area (Å²) in [5.74, 6) is 1.09. The van der Waals surface area contributed by atoms with E-state index < -0.39 is 0 Å². The molecule has 0 aliphatic carbocycles. The van der Waals surface area contributed by atoms with Crippen LogP contribution in [-0.4, -0.2) is 31.6 Å². The van der Waals surface area contributed by atoms with E-state index in [4.69, 9.17) is 4.74 Å². The van der Waals surface area contributed by atoms with Gasteiger partial charge in [-0.15, -0.1) is 11.8 Å². The van der Waals surface area contributed by atoms with E-state index in [1.54, 1.807) is 0 Å². The minimum Gasteiger partial charge on any atom is -0.378 e. The van der Waals surface area contributed by atoms with E-state index >= 15 is 0 Å². The Morgan fingerprint density at radius 2 is 2.31 bits per heavy atom. The Kier molecular flexibility index (Phi) is 4.27. The van der Waals surface area contributed by atoms with Gasteiger partial charge in [-0.25, -0.2) is 0 Å². The summed E-state index contributed by atoms with van der Waals surface area (Å²) >= 11 is 1.93. The van der Waals surface area contributed by atoms with Gasteiger partial charge < -0.3 is 10.1 Å². The summed E-state index contributed by atoms with van der Waals surface area (Å²) in [6.07, 6.45) is 0. The van der Waals surface area contributed by atoms with Crippen LogP contribution in [0.2, 0.25) is 0 Å². The summed E-state index contributed by atoms with van der Waals surface area (Å²) in [7, 11) is 0. The van der Waals surface area contributed by atoms with E-state index in [9.17, 15) is 0 Å². The van der Waals surface area contributed by atoms with Crippen LogP contribution in [0.5, 0.6) is 0 Å². The number of nitrogens with one attached hydrogen (secondary N) is 1. The lowest BCUT2D eigenvalue weighted by molar-refractivity contribution is 0.0837. The monoisotopic (exact) mass is 237 g/mol. The van der Waals surface area contributed by atoms with E-state index in [1.807, 2.05) is 11.8 Å². The SMILES string of the molecule is Cc1ccc(C)c(SCC2COCCN2)c1. The van der Waals surface area contributed by atoms with Crippen LogP contribution in [0.15, 0.2) is 23.1 Å². The summed E-state index contributed by atoms with van der Waals surface area (Å²) in [6, 6.07) is 7.13. The van der Waals surface area contributed by atoms with Crippen molar-refractivity contribution in [3.8, 4) is 0 Å². The quantitative estimate of drug-likeness (QED) is 0.816. The van der Waals surface area contributed by atoms with Crippen LogP contribution in [0.3, 0.4) is 0 Å². The molecule has 16 heavy (non-hydrogen) atoms. The fraction of sp³-hybridized carbons (Fsp3) is 0.538. The smallest absolute Gasteiger partial charge is 0.0628 e. The molecule has 0 radical (unpaired) electrons. The second-order valence-electron chi connectivity index (χ2n) is 4.31. The van der Waals surface area contributed by atoms with Gasteiger partial charge in [0, 0.05) is 23.2 Å². The van der Waals surface area contributed by atoms with Crippen LogP contribution < -0.4 is 5.32 Å². The van der Waals surface area contributed by atoms with Gasteiger partial charge in [-0.05, 0) is 25.5 Å². The molecule has 1 fully saturated rings. The van der Waals surface area contributed by atoms with Crippen molar-refractivity contribution in [2.45, 2.75) is 24.8 Å². The molecule has 1 aliphatic rings. The van der Waals surface area contributed by atoms with Crippen molar-refractivity contribution in [2.75, 3.05) is 25.5 Å². The first-order chi connectivity index (χ1) is 7.75. The zero-order chi connectivity index (χ0) is 11.4. The summed E-state index contributed by atoms with van der Waals surface area (Å²) < 4.78 is 5.45. The predicted octanol–water partition coefficient (Wildman–Crippen LogP) is 2.38. The van der Waals surface area contributed by atoms with Gasteiger partial charge in [0.2, 0.25) is 0 Å². The number of morpholine rings is 1. The third kappa shape index (κ3) is 3.24. The molecule has 0 spiro atoms. The largest absolute Gasteiger partial charge is 0.378 e. The lowest BCUT2D eigenvalue weighted by atomic mass is 10.2. The molecule has 2 rings (SSSR count). The molecule has 1 atom stereocenters. The molecule has 1 heterocycles. The predicted molar refractivity (Wildman–Crippen MR) is 69.2 cm³/mol. The highest BCUT2D eigenvalue weighted by Crippen LogP contribution is 2.24. The first-order valence-electron chi connectivity index (χ1n) is 5.77. The normalized spacial score (nSPS) is 21.0. The Morgan fingerprint density at radius 3 is 3.06 bits per heavy atom. The van der Waals surface area contributed by atoms with E-state index in [2.05, 4.69) is 37.4 Å². The van der Waals surface area contributed by atoms with Crippen molar-refractivity contribution in [3.63, 3.8) is 0 Å². The van der Waals surface area contributed by atoms with E-state index in [0.717, 1.165) is 25.5 Å². The first-order valence-corrected chi connectivity index (χ1v) is 6.75. The molecule has 0 saturated carbocycles. The number of ether oxygens (including phenoxy) is 1. The third-order valence-corrected chi connectivity index (χ3v) is 4.10. The van der Waals surface area contributed by atoms with Crippen LogP contribution in [-0.2, 0) is 4.74 Å². The summed E-state index contributed by atoms with van der Waals surface area (Å²) in [5, 5.41) is 3.48. The Morgan fingerprint density at radius 1 is 1.44 bits per heavy atom. The Labute approximate surface area is 102 Å². The van der Waals surface area contributed by atoms with Crippen molar-refractivity contribution in [2.24, 2.45) is 0 Å². The van der Waals surface area contributed by atoms with Crippen LogP contribution >= 0.6 is 11.8 Å². The molecule has 3 heteroatoms. The molecule has 1 unspecified atom stereocenters. The zero-order valence-electron chi connectivity index (χ0n) is 9.95. The molecule has 1 aliphatic heterocycles. The minimum atomic E-state index is 0.499. The number of rotatable bonds is 3. The molecule has 2 nitrogen and oxygen atoms in total. The van der Waals surface area contributed by atoms with Crippen molar-refractivity contribution < 1.29 is 4.74 Å². The van der Waals surface area contributed by atoms with Crippen molar-refractivity contribution in [1.29, 1.82) is 0 Å². The molecule has 1 saturated heterocycles. The fourth-order valence-corrected chi connectivity index (χ4v) is 2.94. The maximum absolute atomic E-state index is 5.45. The number of hydrogen-bond donors (Lipinski definition) is 1. The van der Waals surface area contributed by atoms with E-state index in [1.165, 1.54) is 16.0 Å². The van der Waals surface area contributed by atoms with Gasteiger partial charge in [-0.3, -0.25) is 0 Å². The molecule has 1 N–H and O–H groups in total. The maximum atomic E-state index is 5.45. The second kappa shape index (κ2) is 5.71. The minimum absolute atomic E-state index is 0.499. The topological polar surface area (TPSA) is 21.3 Å². The van der Waals surface area contributed by atoms with Crippen molar-refractivity contribution in [3.05, 3.63) is 29.3 Å². The Hall–Kier alpha value is -0.510. The number of benzene rings is 1. The Bertz CT molecular complexity index is 348. The highest BCUT2D eigenvalue weighted by Gasteiger charge is 2.13. The standard InChI is InChI=1S/C13H19NOS/c1-10-3-4-11(2)13(7-10)16-9-12-8-15-6-5-14-12/h3-4,7,12,14H,5-6,8-9H2,1-2H3. The average Bonchev–Trinajstić information content (AvgIpc) is 2.32. The van der Waals surface area contributed by atoms with Crippen molar-refractivity contribution >= 4 is 11.8 Å². The van der Waals surface area contributed by atoms with Gasteiger partial charge in [-0.1, -0.05) is 17.7 Å². The summed E-state index contributed by atoms with van der Waals surface area (Å²) in [4.78, 5) is 1.40. The molecular weight excluding hydrogens is 218 g/mol. The molecule has 1 aromatic carbocycles. The first kappa shape index (κ1) is 12.0. The van der Waals surface area contributed by atoms with Gasteiger partial charge in [0.25, 0.3) is 0 Å². The molecule has 88 valence electrons. The van der Waals surface area contributed by atoms with E-state index in [-0.39, 0.29) is 0 Å². The van der Waals surface area contributed by atoms with Gasteiger partial charge in [0.15, 0.2) is 0 Å². The molecule has 0 amide bonds. The molecular formula is C13H19NOS. The number of hydrogen-bond acceptors (Lipinski definition) is 3. The van der Waals surface area contributed by atoms with Gasteiger partial charge in [0.05, 0.1) is 13.2 Å².